The Balaban J connectivity index is 1.13. The molecule has 2 saturated heterocycles. The van der Waals surface area contributed by atoms with Gasteiger partial charge in [-0.25, -0.2) is 8.78 Å². The lowest BCUT2D eigenvalue weighted by atomic mass is 10.0. The second kappa shape index (κ2) is 14.8. The highest BCUT2D eigenvalue weighted by atomic mass is 32.2. The van der Waals surface area contributed by atoms with Gasteiger partial charge in [-0.05, 0) is 43.0 Å². The van der Waals surface area contributed by atoms with Crippen molar-refractivity contribution in [3.05, 3.63) is 41.0 Å². The van der Waals surface area contributed by atoms with Crippen LogP contribution in [0.3, 0.4) is 0 Å². The van der Waals surface area contributed by atoms with Crippen LogP contribution in [0.1, 0.15) is 58.9 Å². The molecule has 51 heavy (non-hydrogen) atoms. The number of hydrogen-bond donors (Lipinski definition) is 2. The Morgan fingerprint density at radius 1 is 0.863 bits per heavy atom. The lowest BCUT2D eigenvalue weighted by molar-refractivity contribution is 0.0726. The average molecular weight is 756 g/mol. The highest BCUT2D eigenvalue weighted by molar-refractivity contribution is 7.86. The van der Waals surface area contributed by atoms with Crippen molar-refractivity contribution in [3.8, 4) is 23.0 Å². The van der Waals surface area contributed by atoms with E-state index in [1.807, 2.05) is 6.92 Å². The van der Waals surface area contributed by atoms with Crippen molar-refractivity contribution in [2.24, 2.45) is 0 Å². The molecule has 4 aliphatic heterocycles. The summed E-state index contributed by atoms with van der Waals surface area (Å²) in [5.74, 6) is 0.271. The van der Waals surface area contributed by atoms with Crippen LogP contribution in [-0.2, 0) is 21.1 Å². The van der Waals surface area contributed by atoms with Crippen molar-refractivity contribution in [2.75, 3.05) is 64.3 Å². The van der Waals surface area contributed by atoms with E-state index >= 15 is 0 Å². The van der Waals surface area contributed by atoms with Gasteiger partial charge >= 0.3 is 0 Å². The molecule has 280 valence electrons. The van der Waals surface area contributed by atoms with Crippen LogP contribution in [0.2, 0.25) is 0 Å². The minimum absolute atomic E-state index is 0.00204. The molecule has 0 bridgehead atoms. The standard InChI is InChI=1S/C34H44F2N3O10PS/c1-4-9-50(42,10-7-48-30-12-20-5-6-23-13-21(35)18-38(23)33(40)24(20)15-28(30)46-2)11-8-49-31-17-26-25(16-29(31)47-3)34(41)39-19-22(36)14-27(39)32(37-26)51(43,44)45/h12,15-17,21-23,27,32,37H,4-11,13-14,18-19H2,1-3H3,(H,43,44,45)/t21?,22?,23-,27+,32?,50?/m1/s1. The van der Waals surface area contributed by atoms with E-state index in [1.54, 1.807) is 17.0 Å². The van der Waals surface area contributed by atoms with Crippen LogP contribution in [-0.4, -0.2) is 123 Å². The number of benzene rings is 2. The van der Waals surface area contributed by atoms with Crippen molar-refractivity contribution in [2.45, 2.75) is 68.8 Å². The number of rotatable bonds is 13. The third-order valence-electron chi connectivity index (χ3n) is 10.2. The third kappa shape index (κ3) is 7.64. The topological polar surface area (TPSA) is 161 Å². The van der Waals surface area contributed by atoms with Crippen LogP contribution < -0.4 is 24.3 Å². The molecule has 0 saturated carbocycles. The van der Waals surface area contributed by atoms with Gasteiger partial charge in [0, 0.05) is 49.0 Å². The lowest BCUT2D eigenvalue weighted by Crippen LogP contribution is -2.47. The first kappa shape index (κ1) is 37.1. The molecule has 2 amide bonds. The Hall–Kier alpha value is -3.62. The average Bonchev–Trinajstić information content (AvgIpc) is 3.60. The lowest BCUT2D eigenvalue weighted by Gasteiger charge is -2.26. The summed E-state index contributed by atoms with van der Waals surface area (Å²) in [6.07, 6.45) is 0.357. The predicted molar refractivity (Wildman–Crippen MR) is 185 cm³/mol. The Morgan fingerprint density at radius 3 is 2.08 bits per heavy atom. The summed E-state index contributed by atoms with van der Waals surface area (Å²) in [7, 11) is -4.74. The number of carbonyl (C=O) groups is 2. The second-order valence-corrected chi connectivity index (χ2v) is 18.6. The number of nitrogens with zero attached hydrogens (tertiary/aromatic N) is 2. The van der Waals surface area contributed by atoms with Crippen molar-refractivity contribution in [1.82, 2.24) is 9.80 Å². The molecule has 2 aromatic carbocycles. The second-order valence-electron chi connectivity index (χ2n) is 13.6. The Kier molecular flexibility index (Phi) is 10.8. The van der Waals surface area contributed by atoms with Crippen LogP contribution in [0.5, 0.6) is 23.0 Å². The Bertz CT molecular complexity index is 1830. The number of nitrogens with one attached hydrogen (secondary N) is 1. The fourth-order valence-corrected chi connectivity index (χ4v) is 10.9. The molecular weight excluding hydrogens is 711 g/mol. The van der Waals surface area contributed by atoms with Crippen molar-refractivity contribution < 1.29 is 54.9 Å². The van der Waals surface area contributed by atoms with E-state index in [2.05, 4.69) is 5.32 Å². The number of amides is 2. The molecular formula is C34H44F2N3O10PS. The number of carbonyl (C=O) groups excluding carboxylic acids is 2. The van der Waals surface area contributed by atoms with Crippen molar-refractivity contribution in [3.63, 3.8) is 0 Å². The van der Waals surface area contributed by atoms with Gasteiger partial charge in [0.25, 0.3) is 21.9 Å². The van der Waals surface area contributed by atoms with E-state index in [-0.39, 0.29) is 79.7 Å². The van der Waals surface area contributed by atoms with Gasteiger partial charge in [-0.1, -0.05) is 6.92 Å². The molecule has 4 aliphatic rings. The first-order valence-electron chi connectivity index (χ1n) is 17.1. The molecule has 2 fully saturated rings. The highest BCUT2D eigenvalue weighted by Gasteiger charge is 2.48. The molecule has 17 heteroatoms. The number of alkyl halides is 2. The van der Waals surface area contributed by atoms with Gasteiger partial charge in [0.15, 0.2) is 28.4 Å². The Morgan fingerprint density at radius 2 is 1.45 bits per heavy atom. The van der Waals surface area contributed by atoms with Gasteiger partial charge in [0.05, 0.1) is 65.0 Å². The number of methoxy groups -OCH3 is 2. The molecule has 0 radical (unpaired) electrons. The minimum Gasteiger partial charge on any atom is -0.493 e. The fourth-order valence-electron chi connectivity index (χ4n) is 7.66. The number of hydrogen-bond acceptors (Lipinski definition) is 10. The summed E-state index contributed by atoms with van der Waals surface area (Å²) in [5, 5.41) is 1.05. The van der Waals surface area contributed by atoms with Crippen LogP contribution in [0.4, 0.5) is 14.5 Å². The van der Waals surface area contributed by atoms with E-state index < -0.39 is 46.9 Å². The van der Waals surface area contributed by atoms with E-state index in [0.29, 0.717) is 48.9 Å². The van der Waals surface area contributed by atoms with Crippen molar-refractivity contribution >= 4 is 34.8 Å². The zero-order chi connectivity index (χ0) is 36.7. The zero-order valence-corrected chi connectivity index (χ0v) is 30.5. The van der Waals surface area contributed by atoms with E-state index in [1.165, 1.54) is 26.4 Å². The van der Waals surface area contributed by atoms with E-state index in [9.17, 15) is 35.9 Å². The smallest absolute Gasteiger partial charge is 0.288 e. The Labute approximate surface area is 296 Å². The van der Waals surface area contributed by atoms with Gasteiger partial charge < -0.3 is 38.6 Å². The normalized spacial score (nSPS) is 25.4. The third-order valence-corrected chi connectivity index (χ3v) is 14.5. The summed E-state index contributed by atoms with van der Waals surface area (Å²) >= 11 is 0. The molecule has 6 rings (SSSR count). The first-order chi connectivity index (χ1) is 24.2. The van der Waals surface area contributed by atoms with Crippen LogP contribution in [0.25, 0.3) is 0 Å². The number of aryl methyl sites for hydroxylation is 1. The summed E-state index contributed by atoms with van der Waals surface area (Å²) < 4.78 is 100. The summed E-state index contributed by atoms with van der Waals surface area (Å²) in [4.78, 5) is 29.4. The highest BCUT2D eigenvalue weighted by Crippen LogP contribution is 2.47. The molecule has 13 nitrogen and oxygen atoms in total. The predicted octanol–water partition coefficient (Wildman–Crippen LogP) is 4.63. The van der Waals surface area contributed by atoms with Crippen LogP contribution in [0, 0.1) is 0 Å². The zero-order valence-electron chi connectivity index (χ0n) is 28.8. The monoisotopic (exact) mass is 755 g/mol. The minimum atomic E-state index is -4.74. The van der Waals surface area contributed by atoms with Gasteiger partial charge in [-0.2, -0.15) is 8.42 Å². The van der Waals surface area contributed by atoms with Crippen LogP contribution >= 0.6 is 7.14 Å². The SMILES string of the molecule is CCCP(=O)(CCOc1cc2c(cc1OC)C(=O)N1CC(F)C[C@H]1CC2)CCOc1cc2c(cc1OC)C(=O)N1CC(F)C[C@H]1C(S(=O)(=O)O)N2. The number of anilines is 1. The maximum absolute atomic E-state index is 14.3. The molecule has 0 aromatic heterocycles. The number of fused-ring (bicyclic) bond motifs is 4. The molecule has 0 spiro atoms. The van der Waals surface area contributed by atoms with Gasteiger partial charge in [0.2, 0.25) is 0 Å². The molecule has 2 aromatic rings. The van der Waals surface area contributed by atoms with Gasteiger partial charge in [-0.3, -0.25) is 14.1 Å². The maximum atomic E-state index is 14.3. The largest absolute Gasteiger partial charge is 0.493 e. The molecule has 0 aliphatic carbocycles. The number of ether oxygens (including phenoxy) is 4. The van der Waals surface area contributed by atoms with Crippen LogP contribution in [0.15, 0.2) is 24.3 Å². The maximum Gasteiger partial charge on any atom is 0.288 e. The quantitative estimate of drug-likeness (QED) is 0.217. The molecule has 2 N–H and O–H groups in total. The molecule has 4 unspecified atom stereocenters. The van der Waals surface area contributed by atoms with E-state index in [0.717, 1.165) is 10.5 Å². The van der Waals surface area contributed by atoms with Gasteiger partial charge in [0.1, 0.15) is 12.3 Å². The van der Waals surface area contributed by atoms with Crippen molar-refractivity contribution in [1.29, 1.82) is 0 Å². The number of halogens is 2. The molecule has 4 heterocycles. The fraction of sp³-hybridized carbons (Fsp3) is 0.588. The van der Waals surface area contributed by atoms with Gasteiger partial charge in [-0.15, -0.1) is 0 Å². The first-order valence-corrected chi connectivity index (χ1v) is 20.9. The summed E-state index contributed by atoms with van der Waals surface area (Å²) in [5.41, 5.74) is 1.37. The summed E-state index contributed by atoms with van der Waals surface area (Å²) in [6.45, 7) is 1.82. The molecule has 6 atom stereocenters. The summed E-state index contributed by atoms with van der Waals surface area (Å²) in [6, 6.07) is 4.92. The van der Waals surface area contributed by atoms with E-state index in [4.69, 9.17) is 18.9 Å².